The number of amides is 2. The fourth-order valence-corrected chi connectivity index (χ4v) is 5.01. The first-order chi connectivity index (χ1) is 18.1. The maximum atomic E-state index is 12.9. The molecule has 11 heteroatoms. The topological polar surface area (TPSA) is 67.9 Å². The Morgan fingerprint density at radius 3 is 2.26 bits per heavy atom. The highest BCUT2D eigenvalue weighted by Crippen LogP contribution is 2.35. The van der Waals surface area contributed by atoms with Crippen LogP contribution in [0.15, 0.2) is 83.8 Å². The summed E-state index contributed by atoms with van der Waals surface area (Å²) >= 11 is 24.9. The average molecular weight is 608 g/mol. The van der Waals surface area contributed by atoms with Gasteiger partial charge in [-0.05, 0) is 53.6 Å². The molecule has 0 spiro atoms. The van der Waals surface area contributed by atoms with E-state index in [1.807, 2.05) is 30.3 Å². The minimum absolute atomic E-state index is 0.151. The number of rotatable bonds is 8. The van der Waals surface area contributed by atoms with Gasteiger partial charge in [-0.15, -0.1) is 0 Å². The maximum absolute atomic E-state index is 12.9. The number of carbonyl (C=O) groups is 2. The summed E-state index contributed by atoms with van der Waals surface area (Å²) in [6.45, 7) is 0.413. The normalized spacial score (nSPS) is 15.5. The molecule has 1 heterocycles. The Hall–Kier alpha value is -2.75. The molecule has 1 fully saturated rings. The quantitative estimate of drug-likeness (QED) is 0.135. The third-order valence-corrected chi connectivity index (χ3v) is 7.37. The molecule has 4 rings (SSSR count). The zero-order valence-corrected chi connectivity index (χ0v) is 23.8. The second-order valence-corrected chi connectivity index (χ2v) is 12.1. The van der Waals surface area contributed by atoms with E-state index in [0.29, 0.717) is 32.8 Å². The second kappa shape index (κ2) is 12.4. The molecule has 0 saturated carbocycles. The number of hydrogen-bond acceptors (Lipinski definition) is 6. The summed E-state index contributed by atoms with van der Waals surface area (Å²) in [5.41, 5.74) is 2.09. The fourth-order valence-electron chi connectivity index (χ4n) is 3.46. The molecule has 1 unspecified atom stereocenters. The van der Waals surface area contributed by atoms with E-state index in [1.165, 1.54) is 18.9 Å². The van der Waals surface area contributed by atoms with Gasteiger partial charge in [0.2, 0.25) is 10.0 Å². The maximum Gasteiger partial charge on any atom is 0.266 e. The number of thiocarbonyl (C=S) groups is 1. The smallest absolute Gasteiger partial charge is 0.266 e. The van der Waals surface area contributed by atoms with Gasteiger partial charge < -0.3 is 14.8 Å². The molecule has 1 N–H and O–H groups in total. The Bertz CT molecular complexity index is 1350. The van der Waals surface area contributed by atoms with Crippen LogP contribution in [-0.2, 0) is 11.3 Å². The largest absolute Gasteiger partial charge is 0.497 e. The van der Waals surface area contributed by atoms with E-state index in [1.54, 1.807) is 59.5 Å². The summed E-state index contributed by atoms with van der Waals surface area (Å²) in [6.07, 6.45) is 0.480. The SMILES string of the molecule is COc1ccc(C(=O)NC(Oc2ccc(/C=C3\SC(=S)N(Cc4ccccc4)C3=O)cc2)C(Cl)(Cl)Cl)cc1. The van der Waals surface area contributed by atoms with Crippen molar-refractivity contribution in [2.75, 3.05) is 7.11 Å². The number of methoxy groups -OCH3 is 1. The molecule has 2 amide bonds. The van der Waals surface area contributed by atoms with E-state index < -0.39 is 15.9 Å². The molecule has 3 aromatic carbocycles. The first kappa shape index (κ1) is 28.3. The number of nitrogens with zero attached hydrogens (tertiary/aromatic N) is 1. The summed E-state index contributed by atoms with van der Waals surface area (Å²) < 4.78 is 9.44. The highest BCUT2D eigenvalue weighted by molar-refractivity contribution is 8.26. The molecule has 38 heavy (non-hydrogen) atoms. The number of alkyl halides is 3. The monoisotopic (exact) mass is 606 g/mol. The van der Waals surface area contributed by atoms with Gasteiger partial charge >= 0.3 is 0 Å². The highest BCUT2D eigenvalue weighted by atomic mass is 35.6. The lowest BCUT2D eigenvalue weighted by atomic mass is 10.2. The van der Waals surface area contributed by atoms with E-state index in [4.69, 9.17) is 56.5 Å². The molecule has 196 valence electrons. The number of benzene rings is 3. The third kappa shape index (κ3) is 7.21. The van der Waals surface area contributed by atoms with Gasteiger partial charge in [-0.25, -0.2) is 0 Å². The Balaban J connectivity index is 1.43. The molecule has 0 aromatic heterocycles. The highest BCUT2D eigenvalue weighted by Gasteiger charge is 2.36. The van der Waals surface area contributed by atoms with Crippen LogP contribution in [0.4, 0.5) is 0 Å². The predicted octanol–water partition coefficient (Wildman–Crippen LogP) is 6.60. The molecular formula is C27H21Cl3N2O4S2. The summed E-state index contributed by atoms with van der Waals surface area (Å²) in [6, 6.07) is 22.9. The lowest BCUT2D eigenvalue weighted by molar-refractivity contribution is -0.122. The van der Waals surface area contributed by atoms with Gasteiger partial charge in [0.05, 0.1) is 18.6 Å². The van der Waals surface area contributed by atoms with E-state index in [0.717, 1.165) is 11.1 Å². The van der Waals surface area contributed by atoms with Crippen molar-refractivity contribution in [3.05, 3.63) is 100 Å². The second-order valence-electron chi connectivity index (χ2n) is 8.06. The molecule has 3 aromatic rings. The lowest BCUT2D eigenvalue weighted by Crippen LogP contribution is -2.47. The Kier molecular flexibility index (Phi) is 9.23. The van der Waals surface area contributed by atoms with Crippen LogP contribution in [0.1, 0.15) is 21.5 Å². The molecular weight excluding hydrogens is 587 g/mol. The van der Waals surface area contributed by atoms with Crippen molar-refractivity contribution >= 4 is 81.0 Å². The molecule has 6 nitrogen and oxygen atoms in total. The van der Waals surface area contributed by atoms with Crippen LogP contribution in [0.3, 0.4) is 0 Å². The zero-order valence-electron chi connectivity index (χ0n) is 19.9. The van der Waals surface area contributed by atoms with Crippen LogP contribution < -0.4 is 14.8 Å². The van der Waals surface area contributed by atoms with Crippen LogP contribution in [0.25, 0.3) is 6.08 Å². The van der Waals surface area contributed by atoms with Gasteiger partial charge in [0.25, 0.3) is 11.8 Å². The van der Waals surface area contributed by atoms with Gasteiger partial charge in [-0.1, -0.05) is 101 Å². The number of ether oxygens (including phenoxy) is 2. The number of thioether (sulfide) groups is 1. The van der Waals surface area contributed by atoms with Crippen LogP contribution in [-0.4, -0.2) is 38.2 Å². The summed E-state index contributed by atoms with van der Waals surface area (Å²) in [5.74, 6) is 0.319. The van der Waals surface area contributed by atoms with Crippen LogP contribution >= 0.6 is 58.8 Å². The van der Waals surface area contributed by atoms with Gasteiger partial charge in [-0.3, -0.25) is 14.5 Å². The molecule has 1 aliphatic heterocycles. The molecule has 1 atom stereocenters. The Morgan fingerprint density at radius 1 is 1.03 bits per heavy atom. The third-order valence-electron chi connectivity index (χ3n) is 5.40. The predicted molar refractivity (Wildman–Crippen MR) is 157 cm³/mol. The summed E-state index contributed by atoms with van der Waals surface area (Å²) in [7, 11) is 1.53. The minimum Gasteiger partial charge on any atom is -0.497 e. The first-order valence-corrected chi connectivity index (χ1v) is 13.6. The fraction of sp³-hybridized carbons (Fsp3) is 0.148. The van der Waals surface area contributed by atoms with E-state index >= 15 is 0 Å². The van der Waals surface area contributed by atoms with E-state index in [9.17, 15) is 9.59 Å². The zero-order chi connectivity index (χ0) is 27.3. The van der Waals surface area contributed by atoms with Crippen molar-refractivity contribution < 1.29 is 19.1 Å². The van der Waals surface area contributed by atoms with Gasteiger partial charge in [0.1, 0.15) is 15.8 Å². The van der Waals surface area contributed by atoms with Gasteiger partial charge in [-0.2, -0.15) is 0 Å². The van der Waals surface area contributed by atoms with Crippen molar-refractivity contribution in [1.29, 1.82) is 0 Å². The number of halogens is 3. The standard InChI is InChI=1S/C27H21Cl3N2O4S2/c1-35-20-13-9-19(10-14-20)23(33)31-25(27(28,29)30)36-21-11-7-17(8-12-21)15-22-24(34)32(26(37)38-22)16-18-5-3-2-4-6-18/h2-15,25H,16H2,1H3,(H,31,33)/b22-15-. The lowest BCUT2D eigenvalue weighted by Gasteiger charge is -2.26. The van der Waals surface area contributed by atoms with Crippen molar-refractivity contribution in [2.45, 2.75) is 16.6 Å². The van der Waals surface area contributed by atoms with Crippen LogP contribution in [0.2, 0.25) is 0 Å². The van der Waals surface area contributed by atoms with Crippen molar-refractivity contribution in [2.24, 2.45) is 0 Å². The number of carbonyl (C=O) groups excluding carboxylic acids is 2. The molecule has 1 aliphatic rings. The van der Waals surface area contributed by atoms with Gasteiger partial charge in [0, 0.05) is 5.56 Å². The van der Waals surface area contributed by atoms with E-state index in [2.05, 4.69) is 5.32 Å². The molecule has 0 bridgehead atoms. The van der Waals surface area contributed by atoms with Crippen LogP contribution in [0, 0.1) is 0 Å². The van der Waals surface area contributed by atoms with Crippen molar-refractivity contribution in [3.63, 3.8) is 0 Å². The summed E-state index contributed by atoms with van der Waals surface area (Å²) in [5, 5.41) is 2.59. The van der Waals surface area contributed by atoms with E-state index in [-0.39, 0.29) is 5.91 Å². The molecule has 0 radical (unpaired) electrons. The van der Waals surface area contributed by atoms with Crippen molar-refractivity contribution in [1.82, 2.24) is 10.2 Å². The van der Waals surface area contributed by atoms with Crippen LogP contribution in [0.5, 0.6) is 11.5 Å². The Morgan fingerprint density at radius 2 is 1.66 bits per heavy atom. The number of hydrogen-bond donors (Lipinski definition) is 1. The average Bonchev–Trinajstić information content (AvgIpc) is 3.16. The summed E-state index contributed by atoms with van der Waals surface area (Å²) in [4.78, 5) is 27.7. The number of nitrogens with one attached hydrogen (secondary N) is 1. The van der Waals surface area contributed by atoms with Crippen molar-refractivity contribution in [3.8, 4) is 11.5 Å². The Labute approximate surface area is 244 Å². The molecule has 1 saturated heterocycles. The minimum atomic E-state index is -1.95. The van der Waals surface area contributed by atoms with Gasteiger partial charge in [0.15, 0.2) is 0 Å². The first-order valence-electron chi connectivity index (χ1n) is 11.2. The molecule has 0 aliphatic carbocycles.